The van der Waals surface area contributed by atoms with Gasteiger partial charge in [0.15, 0.2) is 0 Å². The standard InChI is InChI=1S/C16H30O4S/c1-3-5-7-9-11-16(15(19)20,21-13-14(17)18)12-10-8-6-4-2/h3-13H2,1-2H3,(H,17,18)(H,19,20). The second-order valence-corrected chi connectivity index (χ2v) is 6.96. The average Bonchev–Trinajstić information content (AvgIpc) is 2.44. The summed E-state index contributed by atoms with van der Waals surface area (Å²) in [6, 6.07) is 0. The SMILES string of the molecule is CCCCCCC(CCCCCC)(SCC(=O)O)C(=O)O. The fourth-order valence-electron chi connectivity index (χ4n) is 2.42. The van der Waals surface area contributed by atoms with Crippen LogP contribution in [0.3, 0.4) is 0 Å². The molecule has 0 heterocycles. The number of thioether (sulfide) groups is 1. The highest BCUT2D eigenvalue weighted by atomic mass is 32.2. The molecule has 0 amide bonds. The van der Waals surface area contributed by atoms with Crippen LogP contribution in [-0.4, -0.2) is 32.7 Å². The summed E-state index contributed by atoms with van der Waals surface area (Å²) in [5, 5.41) is 18.5. The molecular weight excluding hydrogens is 288 g/mol. The first-order valence-electron chi connectivity index (χ1n) is 8.07. The molecule has 0 aromatic carbocycles. The molecule has 0 saturated carbocycles. The third-order valence-electron chi connectivity index (χ3n) is 3.73. The first kappa shape index (κ1) is 20.3. The Balaban J connectivity index is 4.62. The van der Waals surface area contributed by atoms with E-state index in [1.54, 1.807) is 0 Å². The molecule has 0 bridgehead atoms. The van der Waals surface area contributed by atoms with Crippen molar-refractivity contribution in [2.75, 3.05) is 5.75 Å². The lowest BCUT2D eigenvalue weighted by atomic mass is 9.93. The van der Waals surface area contributed by atoms with Gasteiger partial charge in [0.05, 0.1) is 5.75 Å². The first-order valence-corrected chi connectivity index (χ1v) is 9.06. The number of rotatable bonds is 14. The van der Waals surface area contributed by atoms with Gasteiger partial charge in [-0.1, -0.05) is 65.2 Å². The number of carbonyl (C=O) groups is 2. The fourth-order valence-corrected chi connectivity index (χ4v) is 3.52. The van der Waals surface area contributed by atoms with Gasteiger partial charge in [-0.3, -0.25) is 9.59 Å². The van der Waals surface area contributed by atoms with Gasteiger partial charge >= 0.3 is 11.9 Å². The topological polar surface area (TPSA) is 74.6 Å². The lowest BCUT2D eigenvalue weighted by molar-refractivity contribution is -0.140. The smallest absolute Gasteiger partial charge is 0.319 e. The first-order chi connectivity index (χ1) is 9.98. The van der Waals surface area contributed by atoms with Gasteiger partial charge in [0.25, 0.3) is 0 Å². The van der Waals surface area contributed by atoms with E-state index in [1.165, 1.54) is 0 Å². The largest absolute Gasteiger partial charge is 0.481 e. The second-order valence-electron chi connectivity index (χ2n) is 5.60. The molecule has 0 fully saturated rings. The lowest BCUT2D eigenvalue weighted by Gasteiger charge is -2.28. The van der Waals surface area contributed by atoms with Crippen LogP contribution >= 0.6 is 11.8 Å². The summed E-state index contributed by atoms with van der Waals surface area (Å²) in [6.45, 7) is 4.24. The minimum absolute atomic E-state index is 0.131. The van der Waals surface area contributed by atoms with Gasteiger partial charge in [0.1, 0.15) is 4.75 Å². The molecule has 0 aromatic heterocycles. The van der Waals surface area contributed by atoms with Crippen molar-refractivity contribution in [2.24, 2.45) is 0 Å². The van der Waals surface area contributed by atoms with Gasteiger partial charge in [-0.05, 0) is 12.8 Å². The minimum Gasteiger partial charge on any atom is -0.481 e. The Labute approximate surface area is 132 Å². The van der Waals surface area contributed by atoms with E-state index in [2.05, 4.69) is 13.8 Å². The molecule has 0 radical (unpaired) electrons. The molecule has 0 atom stereocenters. The monoisotopic (exact) mass is 318 g/mol. The van der Waals surface area contributed by atoms with Crippen molar-refractivity contribution in [1.82, 2.24) is 0 Å². The predicted molar refractivity (Wildman–Crippen MR) is 88.0 cm³/mol. The van der Waals surface area contributed by atoms with E-state index >= 15 is 0 Å². The average molecular weight is 318 g/mol. The number of unbranched alkanes of at least 4 members (excludes halogenated alkanes) is 6. The summed E-state index contributed by atoms with van der Waals surface area (Å²) >= 11 is 1.10. The van der Waals surface area contributed by atoms with Crippen LogP contribution in [-0.2, 0) is 9.59 Å². The Kier molecular flexibility index (Phi) is 11.5. The van der Waals surface area contributed by atoms with Gasteiger partial charge in [-0.25, -0.2) is 0 Å². The highest BCUT2D eigenvalue weighted by Gasteiger charge is 2.38. The van der Waals surface area contributed by atoms with Crippen LogP contribution in [0.5, 0.6) is 0 Å². The molecule has 0 saturated heterocycles. The van der Waals surface area contributed by atoms with Gasteiger partial charge in [0.2, 0.25) is 0 Å². The maximum atomic E-state index is 11.7. The van der Waals surface area contributed by atoms with Crippen LogP contribution in [0.1, 0.15) is 78.1 Å². The molecule has 0 aliphatic rings. The van der Waals surface area contributed by atoms with Crippen molar-refractivity contribution in [3.8, 4) is 0 Å². The Bertz CT molecular complexity index is 293. The van der Waals surface area contributed by atoms with Crippen LogP contribution in [0, 0.1) is 0 Å². The maximum Gasteiger partial charge on any atom is 0.319 e. The third kappa shape index (κ3) is 9.02. The van der Waals surface area contributed by atoms with E-state index in [4.69, 9.17) is 5.11 Å². The van der Waals surface area contributed by atoms with Crippen LogP contribution < -0.4 is 0 Å². The van der Waals surface area contributed by atoms with E-state index in [-0.39, 0.29) is 5.75 Å². The van der Waals surface area contributed by atoms with Gasteiger partial charge in [-0.15, -0.1) is 11.8 Å². The zero-order valence-electron chi connectivity index (χ0n) is 13.4. The third-order valence-corrected chi connectivity index (χ3v) is 5.26. The van der Waals surface area contributed by atoms with Crippen molar-refractivity contribution < 1.29 is 19.8 Å². The molecule has 0 rings (SSSR count). The summed E-state index contributed by atoms with van der Waals surface area (Å²) in [6.07, 6.45) is 9.35. The van der Waals surface area contributed by atoms with Gasteiger partial charge in [0, 0.05) is 0 Å². The van der Waals surface area contributed by atoms with E-state index in [1.807, 2.05) is 0 Å². The fraction of sp³-hybridized carbons (Fsp3) is 0.875. The number of hydrogen-bond donors (Lipinski definition) is 2. The highest BCUT2D eigenvalue weighted by molar-refractivity contribution is 8.02. The van der Waals surface area contributed by atoms with Crippen molar-refractivity contribution in [1.29, 1.82) is 0 Å². The van der Waals surface area contributed by atoms with Crippen LogP contribution in [0.15, 0.2) is 0 Å². The number of carboxylic acids is 2. The van der Waals surface area contributed by atoms with Crippen molar-refractivity contribution in [3.63, 3.8) is 0 Å². The Hall–Kier alpha value is -0.710. The molecule has 0 spiro atoms. The predicted octanol–water partition coefficient (Wildman–Crippen LogP) is 4.57. The normalized spacial score (nSPS) is 11.5. The highest BCUT2D eigenvalue weighted by Crippen LogP contribution is 2.37. The Morgan fingerprint density at radius 1 is 0.857 bits per heavy atom. The molecule has 21 heavy (non-hydrogen) atoms. The zero-order valence-corrected chi connectivity index (χ0v) is 14.2. The van der Waals surface area contributed by atoms with E-state index < -0.39 is 16.7 Å². The minimum atomic E-state index is -0.937. The van der Waals surface area contributed by atoms with Crippen molar-refractivity contribution >= 4 is 23.7 Å². The molecule has 0 unspecified atom stereocenters. The van der Waals surface area contributed by atoms with Gasteiger partial charge in [-0.2, -0.15) is 0 Å². The maximum absolute atomic E-state index is 11.7. The number of carboxylic acid groups (broad SMARTS) is 2. The molecule has 4 nitrogen and oxygen atoms in total. The quantitative estimate of drug-likeness (QED) is 0.459. The summed E-state index contributed by atoms with van der Waals surface area (Å²) in [4.78, 5) is 22.6. The summed E-state index contributed by atoms with van der Waals surface area (Å²) < 4.78 is -0.917. The van der Waals surface area contributed by atoms with E-state index in [0.717, 1.165) is 63.1 Å². The molecule has 5 heteroatoms. The second kappa shape index (κ2) is 11.9. The molecule has 2 N–H and O–H groups in total. The molecule has 0 aliphatic heterocycles. The molecular formula is C16H30O4S. The van der Waals surface area contributed by atoms with Crippen LogP contribution in [0.2, 0.25) is 0 Å². The van der Waals surface area contributed by atoms with E-state index in [9.17, 15) is 14.7 Å². The molecule has 124 valence electrons. The van der Waals surface area contributed by atoms with Gasteiger partial charge < -0.3 is 10.2 Å². The van der Waals surface area contributed by atoms with E-state index in [0.29, 0.717) is 12.8 Å². The Morgan fingerprint density at radius 3 is 1.67 bits per heavy atom. The van der Waals surface area contributed by atoms with Crippen LogP contribution in [0.25, 0.3) is 0 Å². The summed E-state index contributed by atoms with van der Waals surface area (Å²) in [5.74, 6) is -1.91. The Morgan fingerprint density at radius 2 is 1.33 bits per heavy atom. The van der Waals surface area contributed by atoms with Crippen LogP contribution in [0.4, 0.5) is 0 Å². The van der Waals surface area contributed by atoms with Crippen molar-refractivity contribution in [2.45, 2.75) is 82.8 Å². The number of aliphatic carboxylic acids is 2. The summed E-state index contributed by atoms with van der Waals surface area (Å²) in [5.41, 5.74) is 0. The van der Waals surface area contributed by atoms with Crippen molar-refractivity contribution in [3.05, 3.63) is 0 Å². The molecule has 0 aliphatic carbocycles. The zero-order chi connectivity index (χ0) is 16.1. The lowest BCUT2D eigenvalue weighted by Crippen LogP contribution is -2.36. The molecule has 0 aromatic rings. The summed E-state index contributed by atoms with van der Waals surface area (Å²) in [7, 11) is 0. The number of hydrogen-bond acceptors (Lipinski definition) is 3.